The van der Waals surface area contributed by atoms with E-state index in [1.807, 2.05) is 0 Å². The molecule has 2 fully saturated rings. The van der Waals surface area contributed by atoms with Gasteiger partial charge in [-0.25, -0.2) is 9.59 Å². The first-order valence-electron chi connectivity index (χ1n) is 6.71. The van der Waals surface area contributed by atoms with Crippen molar-refractivity contribution in [3.8, 4) is 0 Å². The predicted octanol–water partition coefficient (Wildman–Crippen LogP) is 0.853. The number of nitrogens with two attached hydrogens (primary N) is 2. The first-order valence-corrected chi connectivity index (χ1v) is 6.71. The predicted molar refractivity (Wildman–Crippen MR) is 67.9 cm³/mol. The Morgan fingerprint density at radius 2 is 1.22 bits per heavy atom. The fourth-order valence-electron chi connectivity index (χ4n) is 2.51. The maximum absolute atomic E-state index is 10.8. The number of carbonyl (C=O) groups excluding carboxylic acids is 2. The molecule has 0 aromatic rings. The Morgan fingerprint density at radius 3 is 1.50 bits per heavy atom. The number of carbonyl (C=O) groups is 2. The van der Waals surface area contributed by atoms with Crippen molar-refractivity contribution in [3.05, 3.63) is 0 Å². The Bertz CT molecular complexity index is 302. The number of unbranched alkanes of at least 4 members (excludes halogenated alkanes) is 3. The highest BCUT2D eigenvalue weighted by Crippen LogP contribution is 2.25. The summed E-state index contributed by atoms with van der Waals surface area (Å²) in [5.74, 6) is 0. The van der Waals surface area contributed by atoms with Crippen LogP contribution in [-0.4, -0.2) is 47.0 Å². The van der Waals surface area contributed by atoms with Crippen LogP contribution in [-0.2, 0) is 0 Å². The van der Waals surface area contributed by atoms with Crippen LogP contribution in [0.25, 0.3) is 0 Å². The van der Waals surface area contributed by atoms with E-state index in [0.717, 1.165) is 38.8 Å². The van der Waals surface area contributed by atoms with Gasteiger partial charge in [0.25, 0.3) is 0 Å². The first kappa shape index (κ1) is 13.0. The normalized spacial score (nSPS) is 25.1. The van der Waals surface area contributed by atoms with Gasteiger partial charge in [-0.15, -0.1) is 0 Å². The van der Waals surface area contributed by atoms with Gasteiger partial charge in [0, 0.05) is 13.1 Å². The highest BCUT2D eigenvalue weighted by molar-refractivity contribution is 5.75. The van der Waals surface area contributed by atoms with Crippen LogP contribution in [0.1, 0.15) is 38.5 Å². The van der Waals surface area contributed by atoms with E-state index >= 15 is 0 Å². The summed E-state index contributed by atoms with van der Waals surface area (Å²) in [7, 11) is 0. The monoisotopic (exact) mass is 254 g/mol. The van der Waals surface area contributed by atoms with E-state index in [2.05, 4.69) is 0 Å². The van der Waals surface area contributed by atoms with Crippen molar-refractivity contribution in [2.75, 3.05) is 13.1 Å². The van der Waals surface area contributed by atoms with Gasteiger partial charge < -0.3 is 21.3 Å². The van der Waals surface area contributed by atoms with Crippen LogP contribution in [0.2, 0.25) is 0 Å². The first-order chi connectivity index (χ1) is 8.59. The summed E-state index contributed by atoms with van der Waals surface area (Å²) in [4.78, 5) is 25.0. The largest absolute Gasteiger partial charge is 0.351 e. The zero-order valence-electron chi connectivity index (χ0n) is 10.7. The lowest BCUT2D eigenvalue weighted by atomic mass is 10.1. The number of amides is 4. The average Bonchev–Trinajstić information content (AvgIpc) is 3.16. The van der Waals surface area contributed by atoms with E-state index in [9.17, 15) is 9.59 Å². The highest BCUT2D eigenvalue weighted by Gasteiger charge is 2.36. The van der Waals surface area contributed by atoms with E-state index in [1.165, 1.54) is 12.8 Å². The molecule has 2 aliphatic heterocycles. The van der Waals surface area contributed by atoms with Crippen LogP contribution >= 0.6 is 0 Å². The van der Waals surface area contributed by atoms with Crippen molar-refractivity contribution >= 4 is 12.1 Å². The molecule has 2 atom stereocenters. The van der Waals surface area contributed by atoms with E-state index in [0.29, 0.717) is 12.1 Å². The van der Waals surface area contributed by atoms with Crippen LogP contribution in [0, 0.1) is 0 Å². The zero-order valence-corrected chi connectivity index (χ0v) is 10.7. The smallest absolute Gasteiger partial charge is 0.315 e. The molecule has 0 aliphatic carbocycles. The molecule has 2 heterocycles. The lowest BCUT2D eigenvalue weighted by Gasteiger charge is -2.02. The number of primary amides is 2. The summed E-state index contributed by atoms with van der Waals surface area (Å²) in [6, 6.07) is 0.216. The molecule has 0 spiro atoms. The maximum atomic E-state index is 10.8. The molecule has 0 aromatic heterocycles. The van der Waals surface area contributed by atoms with Crippen LogP contribution in [0.4, 0.5) is 9.59 Å². The second-order valence-electron chi connectivity index (χ2n) is 5.28. The standard InChI is InChI=1S/C12H22N4O2/c13-11(17)15-7-9(15)5-3-1-2-4-6-10-8-16(10)12(14)18/h9-10H,1-8H2,(H2,13,17)(H2,14,18). The summed E-state index contributed by atoms with van der Waals surface area (Å²) in [6.07, 6.45) is 6.82. The summed E-state index contributed by atoms with van der Waals surface area (Å²) < 4.78 is 0. The molecule has 4 N–H and O–H groups in total. The maximum Gasteiger partial charge on any atom is 0.315 e. The molecule has 0 radical (unpaired) electrons. The molecular formula is C12H22N4O2. The van der Waals surface area contributed by atoms with Gasteiger partial charge >= 0.3 is 12.1 Å². The van der Waals surface area contributed by atoms with Crippen molar-refractivity contribution in [1.82, 2.24) is 9.80 Å². The Balaban J connectivity index is 1.39. The van der Waals surface area contributed by atoms with Crippen LogP contribution in [0.5, 0.6) is 0 Å². The number of hydrogen-bond donors (Lipinski definition) is 2. The van der Waals surface area contributed by atoms with E-state index < -0.39 is 0 Å². The summed E-state index contributed by atoms with van der Waals surface area (Å²) in [5, 5.41) is 0. The molecule has 2 unspecified atom stereocenters. The van der Waals surface area contributed by atoms with Gasteiger partial charge in [0.1, 0.15) is 0 Å². The molecule has 18 heavy (non-hydrogen) atoms. The van der Waals surface area contributed by atoms with Gasteiger partial charge in [0.05, 0.1) is 12.1 Å². The fraction of sp³-hybridized carbons (Fsp3) is 0.833. The Morgan fingerprint density at radius 1 is 0.833 bits per heavy atom. The number of rotatable bonds is 7. The second-order valence-corrected chi connectivity index (χ2v) is 5.28. The van der Waals surface area contributed by atoms with Gasteiger partial charge in [0.2, 0.25) is 0 Å². The third-order valence-corrected chi connectivity index (χ3v) is 3.82. The van der Waals surface area contributed by atoms with Crippen LogP contribution in [0.15, 0.2) is 0 Å². The summed E-state index contributed by atoms with van der Waals surface area (Å²) in [5.41, 5.74) is 10.3. The summed E-state index contributed by atoms with van der Waals surface area (Å²) >= 11 is 0. The minimum absolute atomic E-state index is 0.291. The molecule has 0 bridgehead atoms. The minimum Gasteiger partial charge on any atom is -0.351 e. The molecule has 0 aromatic carbocycles. The molecule has 2 saturated heterocycles. The van der Waals surface area contributed by atoms with Gasteiger partial charge in [0.15, 0.2) is 0 Å². The van der Waals surface area contributed by atoms with Crippen molar-refractivity contribution in [3.63, 3.8) is 0 Å². The molecule has 2 aliphatic rings. The summed E-state index contributed by atoms with van der Waals surface area (Å²) in [6.45, 7) is 1.68. The quantitative estimate of drug-likeness (QED) is 0.521. The third kappa shape index (κ3) is 3.51. The number of nitrogens with zero attached hydrogens (tertiary/aromatic N) is 2. The van der Waals surface area contributed by atoms with E-state index in [-0.39, 0.29) is 12.1 Å². The molecule has 4 amide bonds. The van der Waals surface area contributed by atoms with E-state index in [1.54, 1.807) is 9.80 Å². The molecule has 0 saturated carbocycles. The van der Waals surface area contributed by atoms with Crippen molar-refractivity contribution < 1.29 is 9.59 Å². The average molecular weight is 254 g/mol. The number of hydrogen-bond acceptors (Lipinski definition) is 2. The highest BCUT2D eigenvalue weighted by atomic mass is 16.2. The molecule has 102 valence electrons. The van der Waals surface area contributed by atoms with Gasteiger partial charge in [-0.1, -0.05) is 25.7 Å². The Kier molecular flexibility index (Phi) is 3.93. The molecular weight excluding hydrogens is 232 g/mol. The molecule has 2 rings (SSSR count). The third-order valence-electron chi connectivity index (χ3n) is 3.82. The Labute approximate surface area is 107 Å². The van der Waals surface area contributed by atoms with Crippen molar-refractivity contribution in [2.24, 2.45) is 11.5 Å². The van der Waals surface area contributed by atoms with E-state index in [4.69, 9.17) is 11.5 Å². The van der Waals surface area contributed by atoms with Crippen molar-refractivity contribution in [1.29, 1.82) is 0 Å². The minimum atomic E-state index is -0.291. The lowest BCUT2D eigenvalue weighted by molar-refractivity contribution is 0.234. The van der Waals surface area contributed by atoms with Gasteiger partial charge in [-0.3, -0.25) is 0 Å². The molecule has 6 nitrogen and oxygen atoms in total. The van der Waals surface area contributed by atoms with Crippen molar-refractivity contribution in [2.45, 2.75) is 50.6 Å². The fourth-order valence-corrected chi connectivity index (χ4v) is 2.51. The second kappa shape index (κ2) is 5.46. The SMILES string of the molecule is NC(=O)N1CC1CCCCCCC1CN1C(N)=O. The number of urea groups is 2. The topological polar surface area (TPSA) is 92.2 Å². The van der Waals surface area contributed by atoms with Crippen LogP contribution in [0.3, 0.4) is 0 Å². The van der Waals surface area contributed by atoms with Gasteiger partial charge in [-0.05, 0) is 12.8 Å². The van der Waals surface area contributed by atoms with Crippen LogP contribution < -0.4 is 11.5 Å². The van der Waals surface area contributed by atoms with Gasteiger partial charge in [-0.2, -0.15) is 0 Å². The lowest BCUT2D eigenvalue weighted by Crippen LogP contribution is -2.20. The molecule has 6 heteroatoms. The zero-order chi connectivity index (χ0) is 13.1. The Hall–Kier alpha value is -1.46.